The zero-order chi connectivity index (χ0) is 24.6. The second-order valence-corrected chi connectivity index (χ2v) is 8.97. The molecule has 6 nitrogen and oxygen atoms in total. The van der Waals surface area contributed by atoms with E-state index in [0.29, 0.717) is 25.3 Å². The molecular weight excluding hydrogens is 438 g/mol. The van der Waals surface area contributed by atoms with Crippen LogP contribution in [0.2, 0.25) is 0 Å². The SMILES string of the molecule is CCOc1ccc(NC(=O)N2CCC[C@@H](c3cccc(C(=O)NCc4cccc(C)c4)c3)C2)cc1. The number of anilines is 1. The first-order valence-corrected chi connectivity index (χ1v) is 12.2. The van der Waals surface area contributed by atoms with Gasteiger partial charge in [0.1, 0.15) is 5.75 Å². The van der Waals surface area contributed by atoms with Crippen molar-refractivity contribution < 1.29 is 14.3 Å². The normalized spacial score (nSPS) is 15.4. The molecule has 182 valence electrons. The monoisotopic (exact) mass is 471 g/mol. The second kappa shape index (κ2) is 11.6. The quantitative estimate of drug-likeness (QED) is 0.462. The molecule has 0 aromatic heterocycles. The van der Waals surface area contributed by atoms with Crippen molar-refractivity contribution in [2.45, 2.75) is 39.2 Å². The maximum absolute atomic E-state index is 12.9. The highest BCUT2D eigenvalue weighted by molar-refractivity contribution is 5.94. The van der Waals surface area contributed by atoms with Crippen LogP contribution >= 0.6 is 0 Å². The minimum Gasteiger partial charge on any atom is -0.494 e. The van der Waals surface area contributed by atoms with Gasteiger partial charge in [0.2, 0.25) is 0 Å². The van der Waals surface area contributed by atoms with Crippen molar-refractivity contribution in [2.24, 2.45) is 0 Å². The number of nitrogens with zero attached hydrogens (tertiary/aromatic N) is 1. The number of carbonyl (C=O) groups excluding carboxylic acids is 2. The number of piperidine rings is 1. The van der Waals surface area contributed by atoms with Crippen LogP contribution in [-0.2, 0) is 6.54 Å². The molecular formula is C29H33N3O3. The lowest BCUT2D eigenvalue weighted by molar-refractivity contribution is 0.0950. The number of benzene rings is 3. The number of aryl methyl sites for hydroxylation is 1. The van der Waals surface area contributed by atoms with Crippen LogP contribution in [0.25, 0.3) is 0 Å². The van der Waals surface area contributed by atoms with Gasteiger partial charge in [-0.15, -0.1) is 0 Å². The van der Waals surface area contributed by atoms with Crippen molar-refractivity contribution in [2.75, 3.05) is 25.0 Å². The van der Waals surface area contributed by atoms with E-state index in [1.165, 1.54) is 5.56 Å². The molecule has 6 heteroatoms. The van der Waals surface area contributed by atoms with Crippen molar-refractivity contribution in [3.8, 4) is 5.75 Å². The summed E-state index contributed by atoms with van der Waals surface area (Å²) in [5.41, 5.74) is 4.73. The van der Waals surface area contributed by atoms with Gasteiger partial charge in [-0.1, -0.05) is 42.0 Å². The van der Waals surface area contributed by atoms with Crippen molar-refractivity contribution in [1.82, 2.24) is 10.2 Å². The highest BCUT2D eigenvalue weighted by Crippen LogP contribution is 2.28. The van der Waals surface area contributed by atoms with Crippen molar-refractivity contribution in [3.63, 3.8) is 0 Å². The Morgan fingerprint density at radius 1 is 1.03 bits per heavy atom. The van der Waals surface area contributed by atoms with E-state index >= 15 is 0 Å². The number of rotatable bonds is 7. The largest absolute Gasteiger partial charge is 0.494 e. The van der Waals surface area contributed by atoms with Gasteiger partial charge in [0.25, 0.3) is 5.91 Å². The number of carbonyl (C=O) groups is 2. The van der Waals surface area contributed by atoms with Crippen LogP contribution in [0, 0.1) is 6.92 Å². The molecule has 1 fully saturated rings. The lowest BCUT2D eigenvalue weighted by atomic mass is 9.89. The van der Waals surface area contributed by atoms with Crippen molar-refractivity contribution in [3.05, 3.63) is 95.1 Å². The molecule has 0 spiro atoms. The van der Waals surface area contributed by atoms with Gasteiger partial charge in [-0.3, -0.25) is 4.79 Å². The smallest absolute Gasteiger partial charge is 0.321 e. The Labute approximate surface area is 207 Å². The lowest BCUT2D eigenvalue weighted by Crippen LogP contribution is -2.41. The van der Waals surface area contributed by atoms with Gasteiger partial charge in [-0.2, -0.15) is 0 Å². The van der Waals surface area contributed by atoms with Gasteiger partial charge >= 0.3 is 6.03 Å². The molecule has 4 rings (SSSR count). The molecule has 0 radical (unpaired) electrons. The molecule has 1 heterocycles. The van der Waals surface area contributed by atoms with E-state index in [0.717, 1.165) is 42.0 Å². The summed E-state index contributed by atoms with van der Waals surface area (Å²) >= 11 is 0. The summed E-state index contributed by atoms with van der Waals surface area (Å²) in [5.74, 6) is 0.889. The van der Waals surface area contributed by atoms with Gasteiger partial charge in [0.15, 0.2) is 0 Å². The third kappa shape index (κ3) is 6.63. The van der Waals surface area contributed by atoms with Gasteiger partial charge in [-0.25, -0.2) is 4.79 Å². The molecule has 35 heavy (non-hydrogen) atoms. The number of urea groups is 1. The Morgan fingerprint density at radius 2 is 1.83 bits per heavy atom. The summed E-state index contributed by atoms with van der Waals surface area (Å²) in [6, 6.07) is 23.2. The first-order chi connectivity index (χ1) is 17.0. The molecule has 0 bridgehead atoms. The zero-order valence-corrected chi connectivity index (χ0v) is 20.4. The fourth-order valence-electron chi connectivity index (χ4n) is 4.48. The van der Waals surface area contributed by atoms with E-state index in [1.54, 1.807) is 0 Å². The average molecular weight is 472 g/mol. The highest BCUT2D eigenvalue weighted by Gasteiger charge is 2.25. The standard InChI is InChI=1S/C29H33N3O3/c1-3-35-27-14-12-26(13-15-27)31-29(34)32-16-6-11-25(20-32)23-9-5-10-24(18-23)28(33)30-19-22-8-4-7-21(2)17-22/h4-5,7-10,12-15,17-18,25H,3,6,11,16,19-20H2,1-2H3,(H,30,33)(H,31,34)/t25-/m1/s1. The molecule has 0 saturated carbocycles. The van der Waals surface area contributed by atoms with Crippen LogP contribution in [0.4, 0.5) is 10.5 Å². The van der Waals surface area contributed by atoms with Crippen molar-refractivity contribution in [1.29, 1.82) is 0 Å². The molecule has 3 aromatic carbocycles. The number of likely N-dealkylation sites (tertiary alicyclic amines) is 1. The number of hydrogen-bond donors (Lipinski definition) is 2. The third-order valence-electron chi connectivity index (χ3n) is 6.28. The number of amides is 3. The van der Waals surface area contributed by atoms with Crippen LogP contribution in [0.5, 0.6) is 5.75 Å². The fourth-order valence-corrected chi connectivity index (χ4v) is 4.48. The molecule has 3 amide bonds. The first kappa shape index (κ1) is 24.3. The predicted molar refractivity (Wildman–Crippen MR) is 139 cm³/mol. The predicted octanol–water partition coefficient (Wildman–Crippen LogP) is 5.74. The van der Waals surface area contributed by atoms with E-state index in [2.05, 4.69) is 22.8 Å². The molecule has 0 aliphatic carbocycles. The zero-order valence-electron chi connectivity index (χ0n) is 20.4. The number of nitrogens with one attached hydrogen (secondary N) is 2. The summed E-state index contributed by atoms with van der Waals surface area (Å²) in [6.07, 6.45) is 1.91. The summed E-state index contributed by atoms with van der Waals surface area (Å²) in [7, 11) is 0. The maximum atomic E-state index is 12.9. The van der Waals surface area contributed by atoms with E-state index < -0.39 is 0 Å². The molecule has 1 aliphatic heterocycles. The van der Waals surface area contributed by atoms with Crippen LogP contribution < -0.4 is 15.4 Å². The summed E-state index contributed by atoms with van der Waals surface area (Å²) in [5, 5.41) is 6.00. The third-order valence-corrected chi connectivity index (χ3v) is 6.28. The molecule has 1 saturated heterocycles. The Kier molecular flexibility index (Phi) is 8.03. The second-order valence-electron chi connectivity index (χ2n) is 8.97. The Balaban J connectivity index is 1.36. The van der Waals surface area contributed by atoms with Crippen LogP contribution in [-0.4, -0.2) is 36.5 Å². The Morgan fingerprint density at radius 3 is 2.60 bits per heavy atom. The van der Waals surface area contributed by atoms with Gasteiger partial charge < -0.3 is 20.3 Å². The molecule has 0 unspecified atom stereocenters. The van der Waals surface area contributed by atoms with Crippen molar-refractivity contribution >= 4 is 17.6 Å². The topological polar surface area (TPSA) is 70.7 Å². The average Bonchev–Trinajstić information content (AvgIpc) is 2.89. The maximum Gasteiger partial charge on any atom is 0.321 e. The molecule has 1 aliphatic rings. The van der Waals surface area contributed by atoms with Crippen LogP contribution in [0.1, 0.15) is 52.7 Å². The molecule has 1 atom stereocenters. The summed E-state index contributed by atoms with van der Waals surface area (Å²) in [4.78, 5) is 27.5. The van der Waals surface area contributed by atoms with Gasteiger partial charge in [0, 0.05) is 36.8 Å². The fraction of sp³-hybridized carbons (Fsp3) is 0.310. The Bertz CT molecular complexity index is 1160. The van der Waals surface area contributed by atoms with Crippen LogP contribution in [0.3, 0.4) is 0 Å². The highest BCUT2D eigenvalue weighted by atomic mass is 16.5. The molecule has 2 N–H and O–H groups in total. The van der Waals surface area contributed by atoms with E-state index in [-0.39, 0.29) is 17.9 Å². The van der Waals surface area contributed by atoms with Crippen LogP contribution in [0.15, 0.2) is 72.8 Å². The Hall–Kier alpha value is -3.80. The number of hydrogen-bond acceptors (Lipinski definition) is 3. The van der Waals surface area contributed by atoms with Gasteiger partial charge in [0.05, 0.1) is 6.61 Å². The minimum atomic E-state index is -0.106. The number of ether oxygens (including phenoxy) is 1. The van der Waals surface area contributed by atoms with E-state index in [4.69, 9.17) is 4.74 Å². The van der Waals surface area contributed by atoms with E-state index in [9.17, 15) is 9.59 Å². The summed E-state index contributed by atoms with van der Waals surface area (Å²) in [6.45, 7) is 6.42. The van der Waals surface area contributed by atoms with Gasteiger partial charge in [-0.05, 0) is 74.2 Å². The summed E-state index contributed by atoms with van der Waals surface area (Å²) < 4.78 is 5.46. The first-order valence-electron chi connectivity index (χ1n) is 12.2. The molecule has 3 aromatic rings. The minimum absolute atomic E-state index is 0.0886. The lowest BCUT2D eigenvalue weighted by Gasteiger charge is -2.33. The van der Waals surface area contributed by atoms with E-state index in [1.807, 2.05) is 79.4 Å².